The van der Waals surface area contributed by atoms with Crippen LogP contribution in [-0.4, -0.2) is 0 Å². The summed E-state index contributed by atoms with van der Waals surface area (Å²) in [5.41, 5.74) is 4.25. The molecule has 0 fully saturated rings. The Kier molecular flexibility index (Phi) is 4.23. The molecule has 2 aromatic heterocycles. The number of aryl methyl sites for hydroxylation is 2. The summed E-state index contributed by atoms with van der Waals surface area (Å²) in [7, 11) is -0.765. The van der Waals surface area contributed by atoms with Crippen LogP contribution < -0.4 is 15.9 Å². The highest BCUT2D eigenvalue weighted by Crippen LogP contribution is 2.42. The second kappa shape index (κ2) is 7.11. The zero-order valence-electron chi connectivity index (χ0n) is 17.4. The fraction of sp³-hybridized carbons (Fsp3) is 0.0714. The molecule has 3 heteroatoms. The van der Waals surface area contributed by atoms with Gasteiger partial charge in [-0.2, -0.15) is 0 Å². The van der Waals surface area contributed by atoms with Gasteiger partial charge < -0.3 is 8.83 Å². The zero-order chi connectivity index (χ0) is 20.9. The first kappa shape index (κ1) is 18.4. The van der Waals surface area contributed by atoms with Gasteiger partial charge in [-0.05, 0) is 62.2 Å². The summed E-state index contributed by atoms with van der Waals surface area (Å²) in [5, 5.41) is 7.18. The largest absolute Gasteiger partial charge is 0.425 e. The highest BCUT2D eigenvalue weighted by Gasteiger charge is 2.24. The Bertz CT molecular complexity index is 1500. The summed E-state index contributed by atoms with van der Waals surface area (Å²) >= 11 is 0. The number of hydrogen-bond donors (Lipinski definition) is 0. The van der Waals surface area contributed by atoms with Gasteiger partial charge in [-0.3, -0.25) is 0 Å². The minimum absolute atomic E-state index is 0.610. The van der Waals surface area contributed by atoms with Gasteiger partial charge in [-0.25, -0.2) is 0 Å². The lowest BCUT2D eigenvalue weighted by atomic mass is 10.1. The molecule has 0 atom stereocenters. The number of fused-ring (bicyclic) bond motifs is 5. The molecule has 0 N–H and O–H groups in total. The molecule has 4 aromatic carbocycles. The standard InChI is InChI=1S/C28H21O2P/c1-18-13-14-24-22(15-18)26-23-16-19(2)17-25(27(23)30-28(26)29-24)31(20-9-5-3-6-10-20)21-11-7-4-8-12-21/h3-17H,1-2H3. The van der Waals surface area contributed by atoms with Gasteiger partial charge in [-0.1, -0.05) is 72.3 Å². The average molecular weight is 420 g/mol. The maximum atomic E-state index is 6.44. The third-order valence-corrected chi connectivity index (χ3v) is 8.20. The van der Waals surface area contributed by atoms with E-state index in [0.717, 1.165) is 27.3 Å². The fourth-order valence-corrected chi connectivity index (χ4v) is 6.90. The van der Waals surface area contributed by atoms with Crippen molar-refractivity contribution in [2.24, 2.45) is 0 Å². The quantitative estimate of drug-likeness (QED) is 0.298. The van der Waals surface area contributed by atoms with E-state index in [1.165, 1.54) is 27.0 Å². The number of rotatable bonds is 3. The summed E-state index contributed by atoms with van der Waals surface area (Å²) in [6.07, 6.45) is 0. The van der Waals surface area contributed by atoms with Crippen LogP contribution in [0.15, 0.2) is 99.8 Å². The average Bonchev–Trinajstić information content (AvgIpc) is 3.32. The Hall–Kier alpha value is -3.35. The van der Waals surface area contributed by atoms with E-state index < -0.39 is 7.92 Å². The molecule has 0 radical (unpaired) electrons. The van der Waals surface area contributed by atoms with Crippen molar-refractivity contribution in [1.29, 1.82) is 0 Å². The van der Waals surface area contributed by atoms with E-state index in [1.54, 1.807) is 0 Å². The van der Waals surface area contributed by atoms with Crippen LogP contribution in [-0.2, 0) is 0 Å². The lowest BCUT2D eigenvalue weighted by Gasteiger charge is -2.20. The van der Waals surface area contributed by atoms with E-state index in [-0.39, 0.29) is 0 Å². The van der Waals surface area contributed by atoms with Crippen LogP contribution in [0.1, 0.15) is 11.1 Å². The lowest BCUT2D eigenvalue weighted by molar-refractivity contribution is 0.525. The van der Waals surface area contributed by atoms with Gasteiger partial charge in [0, 0.05) is 16.1 Å². The Balaban J connectivity index is 1.70. The van der Waals surface area contributed by atoms with Gasteiger partial charge in [0.25, 0.3) is 5.78 Å². The molecule has 6 rings (SSSR count). The number of benzene rings is 4. The smallest absolute Gasteiger partial charge is 0.299 e. The molecule has 31 heavy (non-hydrogen) atoms. The molecule has 0 bridgehead atoms. The Labute approximate surface area is 181 Å². The van der Waals surface area contributed by atoms with Crippen molar-refractivity contribution in [2.45, 2.75) is 13.8 Å². The van der Waals surface area contributed by atoms with Crippen molar-refractivity contribution < 1.29 is 8.83 Å². The van der Waals surface area contributed by atoms with Crippen LogP contribution in [0.5, 0.6) is 0 Å². The normalized spacial score (nSPS) is 11.8. The van der Waals surface area contributed by atoms with Crippen molar-refractivity contribution >= 4 is 56.9 Å². The first-order valence-corrected chi connectivity index (χ1v) is 11.8. The predicted octanol–water partition coefficient (Wildman–Crippen LogP) is 6.71. The van der Waals surface area contributed by atoms with E-state index in [2.05, 4.69) is 98.8 Å². The Morgan fingerprint density at radius 2 is 1.26 bits per heavy atom. The molecule has 0 saturated heterocycles. The molecule has 150 valence electrons. The third-order valence-electron chi connectivity index (χ3n) is 5.76. The van der Waals surface area contributed by atoms with E-state index >= 15 is 0 Å². The summed E-state index contributed by atoms with van der Waals surface area (Å²) in [5.74, 6) is 0.610. The maximum absolute atomic E-state index is 6.44. The van der Waals surface area contributed by atoms with Gasteiger partial charge in [0.2, 0.25) is 0 Å². The van der Waals surface area contributed by atoms with Crippen LogP contribution in [0.3, 0.4) is 0 Å². The summed E-state index contributed by atoms with van der Waals surface area (Å²) in [6, 6.07) is 32.3. The van der Waals surface area contributed by atoms with Gasteiger partial charge in [0.15, 0.2) is 0 Å². The molecule has 6 aromatic rings. The molecule has 2 heterocycles. The predicted molar refractivity (Wildman–Crippen MR) is 132 cm³/mol. The van der Waals surface area contributed by atoms with E-state index in [4.69, 9.17) is 8.83 Å². The van der Waals surface area contributed by atoms with E-state index in [1.807, 2.05) is 6.07 Å². The molecular formula is C28H21O2P. The molecule has 0 aliphatic rings. The Morgan fingerprint density at radius 1 is 0.613 bits per heavy atom. The molecule has 0 aliphatic heterocycles. The first-order valence-electron chi connectivity index (χ1n) is 10.5. The van der Waals surface area contributed by atoms with Crippen molar-refractivity contribution in [3.05, 3.63) is 102 Å². The molecule has 0 spiro atoms. The number of furan rings is 2. The molecule has 0 saturated carbocycles. The van der Waals surface area contributed by atoms with Crippen molar-refractivity contribution in [3.8, 4) is 0 Å². The molecular weight excluding hydrogens is 399 g/mol. The van der Waals surface area contributed by atoms with Gasteiger partial charge in [0.1, 0.15) is 11.2 Å². The second-order valence-electron chi connectivity index (χ2n) is 8.03. The van der Waals surface area contributed by atoms with Crippen LogP contribution in [0, 0.1) is 13.8 Å². The minimum Gasteiger partial charge on any atom is -0.425 e. The second-order valence-corrected chi connectivity index (χ2v) is 10.2. The monoisotopic (exact) mass is 420 g/mol. The zero-order valence-corrected chi connectivity index (χ0v) is 18.3. The lowest BCUT2D eigenvalue weighted by Crippen LogP contribution is -2.21. The Morgan fingerprint density at radius 3 is 1.94 bits per heavy atom. The van der Waals surface area contributed by atoms with Gasteiger partial charge in [-0.15, -0.1) is 0 Å². The van der Waals surface area contributed by atoms with Crippen LogP contribution in [0.2, 0.25) is 0 Å². The summed E-state index contributed by atoms with van der Waals surface area (Å²) in [6.45, 7) is 4.28. The highest BCUT2D eigenvalue weighted by molar-refractivity contribution is 7.80. The summed E-state index contributed by atoms with van der Waals surface area (Å²) in [4.78, 5) is 0. The SMILES string of the molecule is Cc1ccc2oc3oc4c(P(c5ccccc5)c5ccccc5)cc(C)cc4c3c2c1. The van der Waals surface area contributed by atoms with E-state index in [0.29, 0.717) is 5.78 Å². The molecule has 0 unspecified atom stereocenters. The van der Waals surface area contributed by atoms with Crippen LogP contribution in [0.25, 0.3) is 33.1 Å². The van der Waals surface area contributed by atoms with Gasteiger partial charge >= 0.3 is 0 Å². The molecule has 2 nitrogen and oxygen atoms in total. The minimum atomic E-state index is -0.765. The number of hydrogen-bond acceptors (Lipinski definition) is 2. The summed E-state index contributed by atoms with van der Waals surface area (Å²) < 4.78 is 12.6. The van der Waals surface area contributed by atoms with Crippen LogP contribution in [0.4, 0.5) is 0 Å². The van der Waals surface area contributed by atoms with Gasteiger partial charge in [0.05, 0.1) is 5.39 Å². The van der Waals surface area contributed by atoms with Crippen LogP contribution >= 0.6 is 7.92 Å². The third kappa shape index (κ3) is 2.99. The maximum Gasteiger partial charge on any atom is 0.299 e. The topological polar surface area (TPSA) is 26.3 Å². The first-order chi connectivity index (χ1) is 15.2. The highest BCUT2D eigenvalue weighted by atomic mass is 31.1. The van der Waals surface area contributed by atoms with E-state index in [9.17, 15) is 0 Å². The molecule has 0 amide bonds. The van der Waals surface area contributed by atoms with Crippen molar-refractivity contribution in [3.63, 3.8) is 0 Å². The van der Waals surface area contributed by atoms with Crippen molar-refractivity contribution in [1.82, 2.24) is 0 Å². The van der Waals surface area contributed by atoms with Crippen molar-refractivity contribution in [2.75, 3.05) is 0 Å². The fourth-order valence-electron chi connectivity index (χ4n) is 4.40. The molecule has 0 aliphatic carbocycles.